The van der Waals surface area contributed by atoms with Crippen molar-refractivity contribution < 1.29 is 24.2 Å². The molecule has 0 fully saturated rings. The molecule has 9 aromatic rings. The van der Waals surface area contributed by atoms with Gasteiger partial charge in [-0.3, -0.25) is 4.98 Å². The van der Waals surface area contributed by atoms with Crippen LogP contribution in [0.3, 0.4) is 0 Å². The van der Waals surface area contributed by atoms with Gasteiger partial charge in [0.1, 0.15) is 0 Å². The predicted molar refractivity (Wildman–Crippen MR) is 228 cm³/mol. The minimum absolute atomic E-state index is 0. The van der Waals surface area contributed by atoms with Gasteiger partial charge in [-0.15, -0.1) is 23.8 Å². The van der Waals surface area contributed by atoms with Crippen LogP contribution in [0, 0.1) is 20.3 Å². The summed E-state index contributed by atoms with van der Waals surface area (Å²) in [5.41, 5.74) is 6.23. The Morgan fingerprint density at radius 2 is 1.19 bits per heavy atom. The van der Waals surface area contributed by atoms with Gasteiger partial charge in [0.25, 0.3) is 0 Å². The number of aryl methyl sites for hydroxylation is 1. The van der Waals surface area contributed by atoms with Crippen molar-refractivity contribution in [3.05, 3.63) is 183 Å². The van der Waals surface area contributed by atoms with Crippen LogP contribution >= 0.6 is 0 Å². The zero-order valence-corrected chi connectivity index (χ0v) is 33.7. The third-order valence-electron chi connectivity index (χ3n) is 9.57. The zero-order chi connectivity index (χ0) is 37.5. The smallest absolute Gasteiger partial charge is 0.0795 e. The maximum absolute atomic E-state index is 7.30. The fourth-order valence-electron chi connectivity index (χ4n) is 6.79. The summed E-state index contributed by atoms with van der Waals surface area (Å²) in [7, 11) is -1.39. The van der Waals surface area contributed by atoms with Gasteiger partial charge in [0.05, 0.1) is 13.8 Å². The predicted octanol–water partition coefficient (Wildman–Crippen LogP) is 12.9. The Balaban J connectivity index is 0.000000250. The Kier molecular flexibility index (Phi) is 9.99. The fourth-order valence-corrected chi connectivity index (χ4v) is 7.82. The van der Waals surface area contributed by atoms with Crippen LogP contribution in [0.15, 0.2) is 164 Å². The van der Waals surface area contributed by atoms with Gasteiger partial charge < -0.3 is 12.4 Å². The molecule has 2 nitrogen and oxygen atoms in total. The molecule has 0 saturated heterocycles. The van der Waals surface area contributed by atoms with E-state index in [1.807, 2.05) is 36.4 Å². The SMILES string of the molecule is C[Si](C)(C)c1ccc(-c2[c-]cc3c4ccccc4c4cc(-c5ccc6ccccc6c5)ccc4c3c2)nc1.[2H]C([2H])([2H])c1cccc(-c2ccccc2)n1.[CH3-].[Ir]. The second kappa shape index (κ2) is 15.8. The summed E-state index contributed by atoms with van der Waals surface area (Å²) in [6.45, 7) is 4.92. The van der Waals surface area contributed by atoms with Crippen LogP contribution in [-0.2, 0) is 20.1 Å². The number of benzene rings is 7. The Labute approximate surface area is 332 Å². The van der Waals surface area contributed by atoms with Crippen molar-refractivity contribution in [3.63, 3.8) is 0 Å². The van der Waals surface area contributed by atoms with Gasteiger partial charge in [0, 0.05) is 41.7 Å². The molecule has 0 aliphatic rings. The number of hydrogen-bond donors (Lipinski definition) is 0. The minimum Gasteiger partial charge on any atom is -0.358 e. The number of pyridine rings is 2. The molecule has 0 aliphatic heterocycles. The summed E-state index contributed by atoms with van der Waals surface area (Å²) in [5.74, 6) is 0. The molecule has 0 unspecified atom stereocenters. The van der Waals surface area contributed by atoms with Gasteiger partial charge in [-0.25, -0.2) is 0 Å². The molecular weight excluding hydrogens is 837 g/mol. The van der Waals surface area contributed by atoms with Crippen molar-refractivity contribution >= 4 is 56.4 Å². The van der Waals surface area contributed by atoms with Crippen molar-refractivity contribution in [2.45, 2.75) is 26.5 Å². The molecule has 1 radical (unpaired) electrons. The van der Waals surface area contributed by atoms with Gasteiger partial charge in [-0.05, 0) is 80.1 Å². The number of hydrogen-bond acceptors (Lipinski definition) is 2. The summed E-state index contributed by atoms with van der Waals surface area (Å²) in [5, 5.41) is 11.5. The molecule has 4 heteroatoms. The Hall–Kier alpha value is -5.25. The van der Waals surface area contributed by atoms with Gasteiger partial charge in [-0.1, -0.05) is 157 Å². The standard InChI is InChI=1S/C36H28NSi.C12H11N.CH3.Ir/c1-38(2,3)29-16-19-36(37-23-29)28-15-18-32-30-10-6-7-11-31(30)34-21-27(14-17-33(34)35(32)22-28)26-13-12-24-8-4-5-9-25(24)20-26;1-10-6-5-9-12(13-10)11-7-3-2-4-8-11;;/h4-14,16-23H,1-3H3;2-9H,1H3;1H3;/q-1;;-1;/i;1D3;;. The van der Waals surface area contributed by atoms with E-state index in [0.29, 0.717) is 5.69 Å². The van der Waals surface area contributed by atoms with Crippen molar-refractivity contribution in [3.8, 4) is 33.6 Å². The van der Waals surface area contributed by atoms with E-state index < -0.39 is 14.9 Å². The Morgan fingerprint density at radius 1 is 0.528 bits per heavy atom. The van der Waals surface area contributed by atoms with Crippen LogP contribution in [0.5, 0.6) is 0 Å². The first-order valence-corrected chi connectivity index (χ1v) is 20.8. The quantitative estimate of drug-likeness (QED) is 0.1000. The molecule has 9 rings (SSSR count). The second-order valence-corrected chi connectivity index (χ2v) is 19.1. The van der Waals surface area contributed by atoms with Crippen molar-refractivity contribution in [1.82, 2.24) is 9.97 Å². The van der Waals surface area contributed by atoms with Gasteiger partial charge in [0.2, 0.25) is 0 Å². The number of fused-ring (bicyclic) bond motifs is 7. The first-order chi connectivity index (χ1) is 26.0. The van der Waals surface area contributed by atoms with E-state index in [9.17, 15) is 0 Å². The molecule has 0 N–H and O–H groups in total. The third kappa shape index (κ3) is 7.77. The molecule has 0 saturated carbocycles. The number of rotatable bonds is 4. The molecule has 2 heterocycles. The number of nitrogens with zero attached hydrogens (tertiary/aromatic N) is 2. The summed E-state index contributed by atoms with van der Waals surface area (Å²) in [6, 6.07) is 57.9. The van der Waals surface area contributed by atoms with Gasteiger partial charge in [0.15, 0.2) is 0 Å². The van der Waals surface area contributed by atoms with E-state index in [0.717, 1.165) is 16.8 Å². The normalized spacial score (nSPS) is 12.2. The molecule has 7 aromatic carbocycles. The van der Waals surface area contributed by atoms with E-state index in [-0.39, 0.29) is 33.2 Å². The van der Waals surface area contributed by atoms with E-state index in [2.05, 4.69) is 146 Å². The van der Waals surface area contributed by atoms with Gasteiger partial charge in [-0.2, -0.15) is 0 Å². The monoisotopic (exact) mass is 882 g/mol. The van der Waals surface area contributed by atoms with Crippen LogP contribution in [0.25, 0.3) is 76.7 Å². The number of aromatic nitrogens is 2. The van der Waals surface area contributed by atoms with Crippen LogP contribution in [-0.4, -0.2) is 18.0 Å². The van der Waals surface area contributed by atoms with Crippen LogP contribution in [0.2, 0.25) is 19.6 Å². The summed E-state index contributed by atoms with van der Waals surface area (Å²) >= 11 is 0. The van der Waals surface area contributed by atoms with Crippen LogP contribution in [0.4, 0.5) is 0 Å². The average molecular weight is 882 g/mol. The maximum atomic E-state index is 7.30. The fraction of sp³-hybridized carbons (Fsp3) is 0.0816. The summed E-state index contributed by atoms with van der Waals surface area (Å²) in [6.07, 6.45) is 2.06. The van der Waals surface area contributed by atoms with Crippen LogP contribution < -0.4 is 5.19 Å². The largest absolute Gasteiger partial charge is 0.358 e. The average Bonchev–Trinajstić information content (AvgIpc) is 3.20. The minimum atomic E-state index is -2.15. The topological polar surface area (TPSA) is 25.8 Å². The first-order valence-electron chi connectivity index (χ1n) is 18.8. The van der Waals surface area contributed by atoms with Crippen LogP contribution in [0.1, 0.15) is 9.81 Å². The molecule has 0 aliphatic carbocycles. The van der Waals surface area contributed by atoms with E-state index in [1.165, 1.54) is 65.5 Å². The molecule has 53 heavy (non-hydrogen) atoms. The summed E-state index contributed by atoms with van der Waals surface area (Å²) in [4.78, 5) is 9.00. The van der Waals surface area contributed by atoms with E-state index in [4.69, 9.17) is 9.10 Å². The zero-order valence-electron chi connectivity index (χ0n) is 33.3. The molecule has 2 aromatic heterocycles. The molecule has 0 amide bonds. The molecule has 0 bridgehead atoms. The van der Waals surface area contributed by atoms with Gasteiger partial charge >= 0.3 is 0 Å². The van der Waals surface area contributed by atoms with Crippen molar-refractivity contribution in [2.24, 2.45) is 0 Å². The first kappa shape index (κ1) is 33.6. The van der Waals surface area contributed by atoms with E-state index in [1.54, 1.807) is 6.07 Å². The Bertz CT molecular complexity index is 2800. The Morgan fingerprint density at radius 3 is 1.92 bits per heavy atom. The molecule has 0 atom stereocenters. The maximum Gasteiger partial charge on any atom is 0.0795 e. The molecule has 0 spiro atoms. The third-order valence-corrected chi connectivity index (χ3v) is 11.6. The summed E-state index contributed by atoms with van der Waals surface area (Å²) < 4.78 is 21.9. The molecular formula is C49H42IrN2Si-2. The van der Waals surface area contributed by atoms with E-state index >= 15 is 0 Å². The second-order valence-electron chi connectivity index (χ2n) is 14.0. The molecule has 263 valence electrons. The van der Waals surface area contributed by atoms with Crippen molar-refractivity contribution in [2.75, 3.05) is 0 Å². The van der Waals surface area contributed by atoms with Crippen molar-refractivity contribution in [1.29, 1.82) is 0 Å².